The Morgan fingerprint density at radius 2 is 1.81 bits per heavy atom. The van der Waals surface area contributed by atoms with E-state index in [2.05, 4.69) is 10.00 Å². The van der Waals surface area contributed by atoms with Gasteiger partial charge >= 0.3 is 0 Å². The zero-order chi connectivity index (χ0) is 21.4. The van der Waals surface area contributed by atoms with Crippen molar-refractivity contribution in [1.82, 2.24) is 19.6 Å². The molecular weight excluding hydrogens is 399 g/mol. The first kappa shape index (κ1) is 19.6. The molecule has 5 rings (SSSR count). The maximum atomic E-state index is 14.1. The number of halogens is 1. The summed E-state index contributed by atoms with van der Waals surface area (Å²) in [5, 5.41) is 4.35. The number of carbonyl (C=O) groups excluding carboxylic acids is 1. The van der Waals surface area contributed by atoms with E-state index in [0.29, 0.717) is 30.0 Å². The van der Waals surface area contributed by atoms with E-state index >= 15 is 0 Å². The van der Waals surface area contributed by atoms with Gasteiger partial charge in [-0.1, -0.05) is 18.2 Å². The second kappa shape index (κ2) is 8.03. The minimum Gasteiger partial charge on any atom is -0.454 e. The Kier molecular flexibility index (Phi) is 5.07. The maximum Gasteiger partial charge on any atom is 0.272 e. The molecule has 3 aromatic rings. The topological polar surface area (TPSA) is 59.8 Å². The number of hydrogen-bond acceptors (Lipinski definition) is 5. The smallest absolute Gasteiger partial charge is 0.272 e. The van der Waals surface area contributed by atoms with Crippen molar-refractivity contribution in [3.8, 4) is 22.8 Å². The van der Waals surface area contributed by atoms with Crippen molar-refractivity contribution in [2.45, 2.75) is 6.54 Å². The molecule has 2 aliphatic rings. The average Bonchev–Trinajstić information content (AvgIpc) is 3.40. The Hall–Kier alpha value is -3.39. The van der Waals surface area contributed by atoms with E-state index < -0.39 is 0 Å². The molecule has 31 heavy (non-hydrogen) atoms. The second-order valence-corrected chi connectivity index (χ2v) is 7.77. The van der Waals surface area contributed by atoms with E-state index in [1.165, 1.54) is 10.7 Å². The predicted molar refractivity (Wildman–Crippen MR) is 112 cm³/mol. The van der Waals surface area contributed by atoms with Crippen molar-refractivity contribution < 1.29 is 18.7 Å². The van der Waals surface area contributed by atoms with Gasteiger partial charge in [-0.25, -0.2) is 4.39 Å². The van der Waals surface area contributed by atoms with E-state index in [0.717, 1.165) is 36.7 Å². The molecule has 0 spiro atoms. The third-order valence-corrected chi connectivity index (χ3v) is 5.75. The van der Waals surface area contributed by atoms with Crippen molar-refractivity contribution >= 4 is 5.91 Å². The lowest BCUT2D eigenvalue weighted by Crippen LogP contribution is -2.48. The van der Waals surface area contributed by atoms with Gasteiger partial charge in [0, 0.05) is 45.3 Å². The van der Waals surface area contributed by atoms with Crippen molar-refractivity contribution in [2.24, 2.45) is 7.05 Å². The molecule has 1 fully saturated rings. The number of piperazine rings is 1. The molecule has 8 heteroatoms. The summed E-state index contributed by atoms with van der Waals surface area (Å²) in [6.45, 7) is 3.87. The van der Waals surface area contributed by atoms with E-state index in [9.17, 15) is 9.18 Å². The number of aryl methyl sites for hydroxylation is 1. The molecule has 7 nitrogen and oxygen atoms in total. The molecule has 0 aliphatic carbocycles. The number of benzene rings is 2. The second-order valence-electron chi connectivity index (χ2n) is 7.77. The zero-order valence-corrected chi connectivity index (χ0v) is 17.3. The molecule has 2 aliphatic heterocycles. The number of carbonyl (C=O) groups is 1. The summed E-state index contributed by atoms with van der Waals surface area (Å²) in [6, 6.07) is 14.1. The van der Waals surface area contributed by atoms with Gasteiger partial charge in [-0.15, -0.1) is 0 Å². The molecule has 0 atom stereocenters. The van der Waals surface area contributed by atoms with Crippen LogP contribution in [0.1, 0.15) is 16.1 Å². The molecular formula is C23H23FN4O3. The monoisotopic (exact) mass is 422 g/mol. The number of hydrogen-bond donors (Lipinski definition) is 0. The largest absolute Gasteiger partial charge is 0.454 e. The summed E-state index contributed by atoms with van der Waals surface area (Å²) < 4.78 is 26.5. The van der Waals surface area contributed by atoms with Crippen LogP contribution in [0, 0.1) is 5.82 Å². The van der Waals surface area contributed by atoms with Gasteiger partial charge in [0.05, 0.1) is 5.69 Å². The van der Waals surface area contributed by atoms with Crippen LogP contribution in [0.3, 0.4) is 0 Å². The predicted octanol–water partition coefficient (Wildman–Crippen LogP) is 2.91. The number of amides is 1. The van der Waals surface area contributed by atoms with Crippen LogP contribution >= 0.6 is 0 Å². The van der Waals surface area contributed by atoms with Gasteiger partial charge in [0.15, 0.2) is 11.5 Å². The van der Waals surface area contributed by atoms with Crippen LogP contribution in [-0.4, -0.2) is 58.5 Å². The number of rotatable bonds is 4. The third kappa shape index (κ3) is 3.86. The van der Waals surface area contributed by atoms with Gasteiger partial charge in [-0.2, -0.15) is 5.10 Å². The standard InChI is InChI=1S/C23H23FN4O3/c1-26-20(13-19(25-26)17-4-2-3-5-18(17)24)23(29)28-10-8-27(9-11-28)14-16-6-7-21-22(12-16)31-15-30-21/h2-7,12-13H,8-11,14-15H2,1H3. The van der Waals surface area contributed by atoms with Crippen LogP contribution in [0.25, 0.3) is 11.3 Å². The SMILES string of the molecule is Cn1nc(-c2ccccc2F)cc1C(=O)N1CCN(Cc2ccc3c(c2)OCO3)CC1. The summed E-state index contributed by atoms with van der Waals surface area (Å²) >= 11 is 0. The highest BCUT2D eigenvalue weighted by Gasteiger charge is 2.25. The minimum atomic E-state index is -0.350. The van der Waals surface area contributed by atoms with Gasteiger partial charge in [0.1, 0.15) is 11.5 Å². The van der Waals surface area contributed by atoms with Crippen LogP contribution in [0.15, 0.2) is 48.5 Å². The van der Waals surface area contributed by atoms with E-state index in [1.54, 1.807) is 31.3 Å². The Morgan fingerprint density at radius 1 is 1.03 bits per heavy atom. The first-order valence-corrected chi connectivity index (χ1v) is 10.3. The van der Waals surface area contributed by atoms with Crippen molar-refractivity contribution in [3.63, 3.8) is 0 Å². The summed E-state index contributed by atoms with van der Waals surface area (Å²) in [5.74, 6) is 1.13. The quantitative estimate of drug-likeness (QED) is 0.647. The van der Waals surface area contributed by atoms with Gasteiger partial charge in [-0.05, 0) is 35.9 Å². The van der Waals surface area contributed by atoms with Crippen molar-refractivity contribution in [2.75, 3.05) is 33.0 Å². The molecule has 2 aromatic carbocycles. The molecule has 3 heterocycles. The first-order valence-electron chi connectivity index (χ1n) is 10.3. The molecule has 160 valence electrons. The van der Waals surface area contributed by atoms with Crippen LogP contribution in [0.5, 0.6) is 11.5 Å². The summed E-state index contributed by atoms with van der Waals surface area (Å²) in [6.07, 6.45) is 0. The van der Waals surface area contributed by atoms with E-state index in [4.69, 9.17) is 9.47 Å². The number of fused-ring (bicyclic) bond motifs is 1. The van der Waals surface area contributed by atoms with Gasteiger partial charge in [-0.3, -0.25) is 14.4 Å². The number of aromatic nitrogens is 2. The molecule has 0 bridgehead atoms. The molecule has 0 unspecified atom stereocenters. The Morgan fingerprint density at radius 3 is 2.61 bits per heavy atom. The normalized spacial score (nSPS) is 16.0. The highest BCUT2D eigenvalue weighted by atomic mass is 19.1. The molecule has 0 radical (unpaired) electrons. The Labute approximate surface area is 179 Å². The first-order chi connectivity index (χ1) is 15.1. The lowest BCUT2D eigenvalue weighted by Gasteiger charge is -2.34. The summed E-state index contributed by atoms with van der Waals surface area (Å²) in [7, 11) is 1.72. The maximum absolute atomic E-state index is 14.1. The zero-order valence-electron chi connectivity index (χ0n) is 17.3. The molecule has 1 aromatic heterocycles. The number of ether oxygens (including phenoxy) is 2. The molecule has 1 saturated heterocycles. The van der Waals surface area contributed by atoms with E-state index in [1.807, 2.05) is 23.1 Å². The molecule has 0 N–H and O–H groups in total. The van der Waals surface area contributed by atoms with Gasteiger partial charge in [0.25, 0.3) is 5.91 Å². The fourth-order valence-electron chi connectivity index (χ4n) is 4.04. The summed E-state index contributed by atoms with van der Waals surface area (Å²) in [5.41, 5.74) is 2.48. The summed E-state index contributed by atoms with van der Waals surface area (Å²) in [4.78, 5) is 17.2. The lowest BCUT2D eigenvalue weighted by atomic mass is 10.1. The Bertz CT molecular complexity index is 1120. The fraction of sp³-hybridized carbons (Fsp3) is 0.304. The average molecular weight is 422 g/mol. The van der Waals surface area contributed by atoms with Crippen molar-refractivity contribution in [3.05, 3.63) is 65.6 Å². The lowest BCUT2D eigenvalue weighted by molar-refractivity contribution is 0.0617. The van der Waals surface area contributed by atoms with Crippen molar-refractivity contribution in [1.29, 1.82) is 0 Å². The van der Waals surface area contributed by atoms with Gasteiger partial charge < -0.3 is 14.4 Å². The third-order valence-electron chi connectivity index (χ3n) is 5.75. The fourth-order valence-corrected chi connectivity index (χ4v) is 4.04. The molecule has 1 amide bonds. The highest BCUT2D eigenvalue weighted by Crippen LogP contribution is 2.33. The molecule has 0 saturated carbocycles. The van der Waals surface area contributed by atoms with Crippen LogP contribution in [-0.2, 0) is 13.6 Å². The Balaban J connectivity index is 1.23. The van der Waals surface area contributed by atoms with E-state index in [-0.39, 0.29) is 18.5 Å². The van der Waals surface area contributed by atoms with Crippen LogP contribution in [0.2, 0.25) is 0 Å². The van der Waals surface area contributed by atoms with Crippen LogP contribution < -0.4 is 9.47 Å². The van der Waals surface area contributed by atoms with Gasteiger partial charge in [0.2, 0.25) is 6.79 Å². The minimum absolute atomic E-state index is 0.0830. The highest BCUT2D eigenvalue weighted by molar-refractivity contribution is 5.93. The van der Waals surface area contributed by atoms with Crippen LogP contribution in [0.4, 0.5) is 4.39 Å². The number of nitrogens with zero attached hydrogens (tertiary/aromatic N) is 4.